The van der Waals surface area contributed by atoms with Gasteiger partial charge in [-0.1, -0.05) is 0 Å². The highest BCUT2D eigenvalue weighted by Crippen LogP contribution is 2.19. The Balaban J connectivity index is 2.47. The number of piperidine rings is 1. The summed E-state index contributed by atoms with van der Waals surface area (Å²) in [5.41, 5.74) is 0. The highest BCUT2D eigenvalue weighted by Gasteiger charge is 2.29. The lowest BCUT2D eigenvalue weighted by Gasteiger charge is -2.41. The Labute approximate surface area is 115 Å². The Bertz CT molecular complexity index is 389. The fraction of sp³-hybridized carbons (Fsp3) is 0.917. The topological polar surface area (TPSA) is 86.3 Å². The molecular weight excluding hydrogens is 268 g/mol. The summed E-state index contributed by atoms with van der Waals surface area (Å²) in [6.07, 6.45) is 3.88. The van der Waals surface area contributed by atoms with Crippen molar-refractivity contribution >= 4 is 16.0 Å². The predicted molar refractivity (Wildman–Crippen MR) is 71.4 cm³/mol. The first kappa shape index (κ1) is 16.4. The number of nitrogens with zero attached hydrogens (tertiary/aromatic N) is 1. The quantitative estimate of drug-likeness (QED) is 0.531. The maximum absolute atomic E-state index is 10.9. The van der Waals surface area contributed by atoms with Gasteiger partial charge in [0.25, 0.3) is 0 Å². The van der Waals surface area contributed by atoms with Crippen molar-refractivity contribution in [1.82, 2.24) is 5.32 Å². The van der Waals surface area contributed by atoms with Crippen molar-refractivity contribution in [2.24, 2.45) is 0 Å². The minimum atomic E-state index is -4.12. The van der Waals surface area contributed by atoms with E-state index >= 15 is 0 Å². The van der Waals surface area contributed by atoms with Crippen LogP contribution in [0.2, 0.25) is 0 Å². The number of hydrogen-bond acceptors (Lipinski definition) is 4. The zero-order valence-corrected chi connectivity index (χ0v) is 12.4. The Morgan fingerprint density at radius 3 is 2.37 bits per heavy atom. The molecule has 0 aliphatic carbocycles. The largest absolute Gasteiger partial charge is 0.748 e. The molecule has 0 spiro atoms. The lowest BCUT2D eigenvalue weighted by atomic mass is 10.1. The van der Waals surface area contributed by atoms with E-state index in [-0.39, 0.29) is 11.7 Å². The zero-order chi connectivity index (χ0) is 14.4. The second kappa shape index (κ2) is 7.21. The molecule has 0 aromatic carbocycles. The van der Waals surface area contributed by atoms with E-state index in [1.165, 1.54) is 13.3 Å². The van der Waals surface area contributed by atoms with Gasteiger partial charge in [-0.05, 0) is 19.3 Å². The number of carbonyl (C=O) groups excluding carboxylic acids is 1. The first-order valence-electron chi connectivity index (χ1n) is 6.86. The molecule has 0 saturated carbocycles. The predicted octanol–water partition coefficient (Wildman–Crippen LogP) is 0.0585. The first-order valence-corrected chi connectivity index (χ1v) is 8.44. The lowest BCUT2D eigenvalue weighted by Crippen LogP contribution is -2.55. The molecule has 112 valence electrons. The highest BCUT2D eigenvalue weighted by atomic mass is 32.2. The van der Waals surface area contributed by atoms with E-state index in [0.29, 0.717) is 19.5 Å². The fourth-order valence-corrected chi connectivity index (χ4v) is 3.27. The molecule has 6 nitrogen and oxygen atoms in total. The Morgan fingerprint density at radius 1 is 1.21 bits per heavy atom. The molecule has 0 aromatic heterocycles. The third-order valence-electron chi connectivity index (χ3n) is 3.75. The molecule has 1 heterocycles. The number of amides is 1. The van der Waals surface area contributed by atoms with E-state index < -0.39 is 10.1 Å². The zero-order valence-electron chi connectivity index (χ0n) is 11.6. The van der Waals surface area contributed by atoms with Crippen molar-refractivity contribution in [3.8, 4) is 0 Å². The maximum Gasteiger partial charge on any atom is 0.217 e. The Kier molecular flexibility index (Phi) is 6.22. The van der Waals surface area contributed by atoms with Gasteiger partial charge in [0.1, 0.15) is 0 Å². The van der Waals surface area contributed by atoms with Crippen LogP contribution in [0.4, 0.5) is 0 Å². The molecule has 0 atom stereocenters. The number of rotatable bonds is 7. The lowest BCUT2D eigenvalue weighted by molar-refractivity contribution is -0.931. The van der Waals surface area contributed by atoms with E-state index in [1.807, 2.05) is 0 Å². The summed E-state index contributed by atoms with van der Waals surface area (Å²) in [6, 6.07) is 0. The number of hydrogen-bond donors (Lipinski definition) is 1. The van der Waals surface area contributed by atoms with Crippen LogP contribution in [0.3, 0.4) is 0 Å². The van der Waals surface area contributed by atoms with E-state index in [9.17, 15) is 17.8 Å². The van der Waals surface area contributed by atoms with Crippen LogP contribution in [0.1, 0.15) is 32.6 Å². The average Bonchev–Trinajstić information content (AvgIpc) is 2.28. The summed E-state index contributed by atoms with van der Waals surface area (Å²) >= 11 is 0. The summed E-state index contributed by atoms with van der Waals surface area (Å²) in [5, 5.41) is 2.79. The average molecular weight is 292 g/mol. The minimum absolute atomic E-state index is 0.0442. The van der Waals surface area contributed by atoms with Crippen molar-refractivity contribution < 1.29 is 22.2 Å². The maximum atomic E-state index is 10.9. The molecule has 0 bridgehead atoms. The van der Waals surface area contributed by atoms with Crippen LogP contribution in [0.5, 0.6) is 0 Å². The molecule has 0 unspecified atom stereocenters. The van der Waals surface area contributed by atoms with E-state index in [0.717, 1.165) is 37.0 Å². The molecule has 0 aromatic rings. The molecular formula is C12H24N2O4S. The van der Waals surface area contributed by atoms with Crippen molar-refractivity contribution in [3.05, 3.63) is 0 Å². The molecule has 19 heavy (non-hydrogen) atoms. The number of likely N-dealkylation sites (tertiary alicyclic amines) is 1. The molecule has 1 fully saturated rings. The van der Waals surface area contributed by atoms with Crippen LogP contribution in [0, 0.1) is 0 Å². The molecule has 0 radical (unpaired) electrons. The van der Waals surface area contributed by atoms with E-state index in [1.54, 1.807) is 0 Å². The standard InChI is InChI=1S/C12H24N2O4S/c1-12(15)13-6-10-14(7-3-2-4-8-14)9-5-11-19(16,17)18/h2-11H2,1H3,(H-,13,15,16,17,18). The highest BCUT2D eigenvalue weighted by molar-refractivity contribution is 7.85. The molecule has 1 amide bonds. The van der Waals surface area contributed by atoms with E-state index in [2.05, 4.69) is 5.32 Å². The van der Waals surface area contributed by atoms with Crippen LogP contribution in [-0.4, -0.2) is 61.8 Å². The monoisotopic (exact) mass is 292 g/mol. The molecule has 1 saturated heterocycles. The van der Waals surface area contributed by atoms with Crippen LogP contribution in [0.25, 0.3) is 0 Å². The first-order chi connectivity index (χ1) is 8.83. The molecule has 1 aliphatic rings. The van der Waals surface area contributed by atoms with Gasteiger partial charge in [0, 0.05) is 19.1 Å². The molecule has 1 N–H and O–H groups in total. The van der Waals surface area contributed by atoms with Gasteiger partial charge in [-0.2, -0.15) is 0 Å². The molecule has 1 rings (SSSR count). The second-order valence-electron chi connectivity index (χ2n) is 5.40. The summed E-state index contributed by atoms with van der Waals surface area (Å²) < 4.78 is 32.8. The van der Waals surface area contributed by atoms with Gasteiger partial charge >= 0.3 is 0 Å². The smallest absolute Gasteiger partial charge is 0.217 e. The number of carbonyl (C=O) groups is 1. The normalized spacial score (nSPS) is 19.1. The van der Waals surface area contributed by atoms with Crippen LogP contribution in [-0.2, 0) is 14.9 Å². The second-order valence-corrected chi connectivity index (χ2v) is 6.92. The number of nitrogens with one attached hydrogen (secondary N) is 1. The third kappa shape index (κ3) is 6.89. The van der Waals surface area contributed by atoms with Crippen molar-refractivity contribution in [1.29, 1.82) is 0 Å². The third-order valence-corrected chi connectivity index (χ3v) is 4.54. The van der Waals surface area contributed by atoms with Gasteiger partial charge in [-0.15, -0.1) is 0 Å². The van der Waals surface area contributed by atoms with Crippen molar-refractivity contribution in [2.45, 2.75) is 32.6 Å². The SMILES string of the molecule is CC(=O)NCC[N+]1(CCCS(=O)(=O)[O-])CCCCC1. The van der Waals surface area contributed by atoms with Crippen molar-refractivity contribution in [3.63, 3.8) is 0 Å². The minimum Gasteiger partial charge on any atom is -0.748 e. The molecule has 7 heteroatoms. The summed E-state index contributed by atoms with van der Waals surface area (Å²) in [6.45, 7) is 5.65. The summed E-state index contributed by atoms with van der Waals surface area (Å²) in [4.78, 5) is 10.9. The summed E-state index contributed by atoms with van der Waals surface area (Å²) in [5.74, 6) is -0.329. The fourth-order valence-electron chi connectivity index (χ4n) is 2.79. The summed E-state index contributed by atoms with van der Waals surface area (Å²) in [7, 11) is -4.12. The van der Waals surface area contributed by atoms with Gasteiger partial charge in [-0.25, -0.2) is 8.42 Å². The number of quaternary nitrogens is 1. The Hall–Kier alpha value is -0.660. The van der Waals surface area contributed by atoms with Crippen LogP contribution in [0.15, 0.2) is 0 Å². The van der Waals surface area contributed by atoms with E-state index in [4.69, 9.17) is 0 Å². The van der Waals surface area contributed by atoms with Gasteiger partial charge in [0.05, 0.1) is 42.8 Å². The van der Waals surface area contributed by atoms with Gasteiger partial charge < -0.3 is 14.4 Å². The van der Waals surface area contributed by atoms with Crippen LogP contribution >= 0.6 is 0 Å². The van der Waals surface area contributed by atoms with Gasteiger partial charge in [0.2, 0.25) is 5.91 Å². The van der Waals surface area contributed by atoms with Crippen molar-refractivity contribution in [2.75, 3.05) is 38.5 Å². The molecule has 1 aliphatic heterocycles. The van der Waals surface area contributed by atoms with Crippen LogP contribution < -0.4 is 5.32 Å². The van der Waals surface area contributed by atoms with Gasteiger partial charge in [0.15, 0.2) is 0 Å². The van der Waals surface area contributed by atoms with Gasteiger partial charge in [-0.3, -0.25) is 4.79 Å². The Morgan fingerprint density at radius 2 is 1.84 bits per heavy atom.